The first kappa shape index (κ1) is 18.8. The lowest BCUT2D eigenvalue weighted by molar-refractivity contribution is 0.382. The molecule has 0 radical (unpaired) electrons. The van der Waals surface area contributed by atoms with Crippen molar-refractivity contribution < 1.29 is 18.4 Å². The van der Waals surface area contributed by atoms with Crippen molar-refractivity contribution in [2.24, 2.45) is 0 Å². The SMILES string of the molecule is COc1cc(Cc2nc(-c3ccc4c(c3)oc(=O)n4C(C)C)no2)cc(OC)c1. The Labute approximate surface area is 166 Å². The van der Waals surface area contributed by atoms with E-state index in [-0.39, 0.29) is 11.8 Å². The Morgan fingerprint density at radius 2 is 1.79 bits per heavy atom. The van der Waals surface area contributed by atoms with E-state index >= 15 is 0 Å². The van der Waals surface area contributed by atoms with Gasteiger partial charge in [0, 0.05) is 17.7 Å². The summed E-state index contributed by atoms with van der Waals surface area (Å²) in [4.78, 5) is 16.5. The van der Waals surface area contributed by atoms with Gasteiger partial charge in [0.25, 0.3) is 0 Å². The summed E-state index contributed by atoms with van der Waals surface area (Å²) in [6.07, 6.45) is 0.432. The zero-order valence-corrected chi connectivity index (χ0v) is 16.6. The van der Waals surface area contributed by atoms with Crippen molar-refractivity contribution in [2.75, 3.05) is 14.2 Å². The molecule has 8 heteroatoms. The third kappa shape index (κ3) is 3.61. The normalized spacial score (nSPS) is 11.3. The average Bonchev–Trinajstić information content (AvgIpc) is 3.30. The van der Waals surface area contributed by atoms with Crippen molar-refractivity contribution in [3.63, 3.8) is 0 Å². The number of hydrogen-bond acceptors (Lipinski definition) is 7. The van der Waals surface area contributed by atoms with Crippen LogP contribution in [0.5, 0.6) is 11.5 Å². The molecule has 8 nitrogen and oxygen atoms in total. The molecule has 0 spiro atoms. The smallest absolute Gasteiger partial charge is 0.420 e. The molecule has 2 aromatic carbocycles. The lowest BCUT2D eigenvalue weighted by atomic mass is 10.1. The Kier molecular flexibility index (Phi) is 4.84. The van der Waals surface area contributed by atoms with E-state index in [1.807, 2.05) is 38.1 Å². The van der Waals surface area contributed by atoms with Crippen LogP contribution in [0.1, 0.15) is 31.3 Å². The number of benzene rings is 2. The monoisotopic (exact) mass is 395 g/mol. The van der Waals surface area contributed by atoms with Gasteiger partial charge in [-0.25, -0.2) is 4.79 Å². The van der Waals surface area contributed by atoms with Crippen molar-refractivity contribution in [2.45, 2.75) is 26.3 Å². The summed E-state index contributed by atoms with van der Waals surface area (Å²) in [5.74, 6) is 1.88. The zero-order chi connectivity index (χ0) is 20.5. The van der Waals surface area contributed by atoms with Gasteiger partial charge in [-0.2, -0.15) is 4.98 Å². The maximum Gasteiger partial charge on any atom is 0.420 e. The summed E-state index contributed by atoms with van der Waals surface area (Å²) in [5, 5.41) is 4.06. The molecule has 0 saturated heterocycles. The van der Waals surface area contributed by atoms with Crippen LogP contribution in [0.2, 0.25) is 0 Å². The fourth-order valence-corrected chi connectivity index (χ4v) is 3.25. The number of nitrogens with zero attached hydrogens (tertiary/aromatic N) is 3. The van der Waals surface area contributed by atoms with E-state index in [4.69, 9.17) is 18.4 Å². The predicted molar refractivity (Wildman–Crippen MR) is 107 cm³/mol. The fraction of sp³-hybridized carbons (Fsp3) is 0.286. The predicted octanol–water partition coefficient (Wildman–Crippen LogP) is 3.83. The Morgan fingerprint density at radius 3 is 2.45 bits per heavy atom. The van der Waals surface area contributed by atoms with Crippen LogP contribution in [0.4, 0.5) is 0 Å². The van der Waals surface area contributed by atoms with Crippen LogP contribution in [-0.4, -0.2) is 28.9 Å². The molecule has 0 saturated carbocycles. The minimum Gasteiger partial charge on any atom is -0.497 e. The Bertz CT molecular complexity index is 1200. The van der Waals surface area contributed by atoms with E-state index in [2.05, 4.69) is 10.1 Å². The molecule has 150 valence electrons. The van der Waals surface area contributed by atoms with Gasteiger partial charge < -0.3 is 18.4 Å². The lowest BCUT2D eigenvalue weighted by Gasteiger charge is -2.06. The third-order valence-corrected chi connectivity index (χ3v) is 4.62. The fourth-order valence-electron chi connectivity index (χ4n) is 3.25. The van der Waals surface area contributed by atoms with Crippen LogP contribution in [0.25, 0.3) is 22.5 Å². The van der Waals surface area contributed by atoms with Crippen LogP contribution >= 0.6 is 0 Å². The van der Waals surface area contributed by atoms with E-state index in [1.165, 1.54) is 0 Å². The number of fused-ring (bicyclic) bond motifs is 1. The van der Waals surface area contributed by atoms with Gasteiger partial charge in [0.05, 0.1) is 26.2 Å². The highest BCUT2D eigenvalue weighted by Gasteiger charge is 2.15. The maximum absolute atomic E-state index is 12.1. The third-order valence-electron chi connectivity index (χ3n) is 4.62. The summed E-state index contributed by atoms with van der Waals surface area (Å²) in [6.45, 7) is 3.87. The van der Waals surface area contributed by atoms with Crippen molar-refractivity contribution in [1.82, 2.24) is 14.7 Å². The van der Waals surface area contributed by atoms with E-state index < -0.39 is 0 Å². The molecular formula is C21H21N3O5. The molecule has 4 aromatic rings. The molecule has 0 fully saturated rings. The van der Waals surface area contributed by atoms with Crippen LogP contribution in [-0.2, 0) is 6.42 Å². The van der Waals surface area contributed by atoms with E-state index in [0.717, 1.165) is 11.1 Å². The largest absolute Gasteiger partial charge is 0.497 e. The number of aromatic nitrogens is 3. The van der Waals surface area contributed by atoms with Gasteiger partial charge in [-0.3, -0.25) is 4.57 Å². The first-order valence-electron chi connectivity index (χ1n) is 9.18. The molecule has 2 heterocycles. The highest BCUT2D eigenvalue weighted by Crippen LogP contribution is 2.26. The zero-order valence-electron chi connectivity index (χ0n) is 16.6. The maximum atomic E-state index is 12.1. The molecule has 0 aliphatic rings. The number of rotatable bonds is 6. The Hall–Kier alpha value is -3.55. The van der Waals surface area contributed by atoms with Gasteiger partial charge in [0.2, 0.25) is 11.7 Å². The first-order valence-corrected chi connectivity index (χ1v) is 9.18. The topological polar surface area (TPSA) is 92.5 Å². The number of oxazole rings is 1. The second-order valence-electron chi connectivity index (χ2n) is 6.92. The molecule has 0 atom stereocenters. The summed E-state index contributed by atoms with van der Waals surface area (Å²) in [6, 6.07) is 11.0. The standard InChI is InChI=1S/C21H21N3O5/c1-12(2)24-17-6-5-14(10-18(17)28-21(24)25)20-22-19(29-23-20)9-13-7-15(26-3)11-16(8-13)27-4/h5-8,10-12H,9H2,1-4H3. The van der Waals surface area contributed by atoms with Crippen molar-refractivity contribution in [3.05, 3.63) is 58.4 Å². The van der Waals surface area contributed by atoms with Gasteiger partial charge in [-0.1, -0.05) is 5.16 Å². The molecule has 0 aliphatic carbocycles. The Balaban J connectivity index is 1.63. The second-order valence-corrected chi connectivity index (χ2v) is 6.92. The molecular weight excluding hydrogens is 374 g/mol. The molecule has 0 unspecified atom stereocenters. The van der Waals surface area contributed by atoms with Gasteiger partial charge in [-0.15, -0.1) is 0 Å². The molecule has 0 N–H and O–H groups in total. The molecule has 0 amide bonds. The molecule has 4 rings (SSSR count). The van der Waals surface area contributed by atoms with Crippen molar-refractivity contribution in [1.29, 1.82) is 0 Å². The molecule has 0 bridgehead atoms. The molecule has 29 heavy (non-hydrogen) atoms. The summed E-state index contributed by atoms with van der Waals surface area (Å²) in [7, 11) is 3.20. The van der Waals surface area contributed by atoms with Gasteiger partial charge in [0.15, 0.2) is 5.58 Å². The Morgan fingerprint density at radius 1 is 1.07 bits per heavy atom. The van der Waals surface area contributed by atoms with Crippen LogP contribution in [0, 0.1) is 0 Å². The van der Waals surface area contributed by atoms with Crippen molar-refractivity contribution in [3.8, 4) is 22.9 Å². The quantitative estimate of drug-likeness (QED) is 0.490. The van der Waals surface area contributed by atoms with Crippen LogP contribution in [0.15, 0.2) is 50.1 Å². The van der Waals surface area contributed by atoms with E-state index in [0.29, 0.717) is 40.8 Å². The summed E-state index contributed by atoms with van der Waals surface area (Å²) >= 11 is 0. The number of ether oxygens (including phenoxy) is 2. The number of methoxy groups -OCH3 is 2. The molecule has 0 aliphatic heterocycles. The van der Waals surface area contributed by atoms with Crippen molar-refractivity contribution >= 4 is 11.1 Å². The van der Waals surface area contributed by atoms with Gasteiger partial charge in [-0.05, 0) is 49.7 Å². The van der Waals surface area contributed by atoms with E-state index in [9.17, 15) is 4.79 Å². The van der Waals surface area contributed by atoms with E-state index in [1.54, 1.807) is 30.9 Å². The average molecular weight is 395 g/mol. The number of hydrogen-bond donors (Lipinski definition) is 0. The minimum atomic E-state index is -0.382. The summed E-state index contributed by atoms with van der Waals surface area (Å²) in [5.41, 5.74) is 2.86. The minimum absolute atomic E-state index is 0.00577. The van der Waals surface area contributed by atoms with Gasteiger partial charge in [0.1, 0.15) is 11.5 Å². The first-order chi connectivity index (χ1) is 14.0. The van der Waals surface area contributed by atoms with Crippen LogP contribution < -0.4 is 15.2 Å². The van der Waals surface area contributed by atoms with Gasteiger partial charge >= 0.3 is 5.76 Å². The lowest BCUT2D eigenvalue weighted by Crippen LogP contribution is -2.15. The molecule has 2 aromatic heterocycles. The highest BCUT2D eigenvalue weighted by atomic mass is 16.5. The van der Waals surface area contributed by atoms with Crippen LogP contribution in [0.3, 0.4) is 0 Å². The second kappa shape index (κ2) is 7.46. The summed E-state index contributed by atoms with van der Waals surface area (Å²) < 4.78 is 23.0. The highest BCUT2D eigenvalue weighted by molar-refractivity contribution is 5.78.